The molecule has 2 rings (SSSR count). The van der Waals surface area contributed by atoms with Gasteiger partial charge < -0.3 is 4.72 Å². The lowest BCUT2D eigenvalue weighted by Gasteiger charge is -2.04. The molecule has 0 radical (unpaired) electrons. The van der Waals surface area contributed by atoms with E-state index < -0.39 is 4.92 Å². The van der Waals surface area contributed by atoms with E-state index in [1.807, 2.05) is 30.3 Å². The monoisotopic (exact) mass is 246 g/mol. The van der Waals surface area contributed by atoms with Gasteiger partial charge >= 0.3 is 0 Å². The Morgan fingerprint density at radius 3 is 2.24 bits per heavy atom. The van der Waals surface area contributed by atoms with Gasteiger partial charge in [-0.05, 0) is 36.2 Å². The van der Waals surface area contributed by atoms with Gasteiger partial charge in [-0.2, -0.15) is 0 Å². The predicted molar refractivity (Wildman–Crippen MR) is 69.0 cm³/mol. The van der Waals surface area contributed by atoms with Gasteiger partial charge in [0, 0.05) is 22.7 Å². The highest BCUT2D eigenvalue weighted by atomic mass is 32.2. The van der Waals surface area contributed by atoms with Crippen molar-refractivity contribution in [2.24, 2.45) is 0 Å². The molecule has 0 saturated carbocycles. The number of nitrogens with zero attached hydrogens (tertiary/aromatic N) is 1. The maximum absolute atomic E-state index is 10.5. The number of rotatable bonds is 4. The average molecular weight is 246 g/mol. The van der Waals surface area contributed by atoms with E-state index in [-0.39, 0.29) is 5.69 Å². The van der Waals surface area contributed by atoms with E-state index in [1.54, 1.807) is 12.1 Å². The van der Waals surface area contributed by atoms with E-state index in [1.165, 1.54) is 24.1 Å². The molecule has 0 amide bonds. The topological polar surface area (TPSA) is 55.2 Å². The second kappa shape index (κ2) is 5.36. The lowest BCUT2D eigenvalue weighted by molar-refractivity contribution is -0.384. The summed E-state index contributed by atoms with van der Waals surface area (Å²) in [5.41, 5.74) is 1.10. The van der Waals surface area contributed by atoms with Crippen LogP contribution in [0.4, 0.5) is 11.4 Å². The summed E-state index contributed by atoms with van der Waals surface area (Å²) in [4.78, 5) is 11.0. The molecule has 0 fully saturated rings. The van der Waals surface area contributed by atoms with Crippen molar-refractivity contribution in [3.63, 3.8) is 0 Å². The minimum absolute atomic E-state index is 0.106. The van der Waals surface area contributed by atoms with E-state index >= 15 is 0 Å². The number of non-ortho nitro benzene ring substituents is 1. The fourth-order valence-electron chi connectivity index (χ4n) is 1.26. The molecule has 86 valence electrons. The molecule has 0 aliphatic heterocycles. The van der Waals surface area contributed by atoms with Gasteiger partial charge in [0.05, 0.1) is 4.92 Å². The third-order valence-corrected chi connectivity index (χ3v) is 2.95. The third-order valence-electron chi connectivity index (χ3n) is 2.11. The smallest absolute Gasteiger partial charge is 0.269 e. The summed E-state index contributed by atoms with van der Waals surface area (Å²) in [5, 5.41) is 10.5. The quantitative estimate of drug-likeness (QED) is 0.507. The number of benzene rings is 2. The number of hydrogen-bond donors (Lipinski definition) is 1. The molecule has 0 bridgehead atoms. The molecule has 4 nitrogen and oxygen atoms in total. The lowest BCUT2D eigenvalue weighted by atomic mass is 10.3. The Kier molecular flexibility index (Phi) is 3.62. The van der Waals surface area contributed by atoms with Gasteiger partial charge in [-0.25, -0.2) is 0 Å². The minimum atomic E-state index is -0.404. The fraction of sp³-hybridized carbons (Fsp3) is 0. The number of hydrogen-bond acceptors (Lipinski definition) is 4. The SMILES string of the molecule is O=[N+]([O-])c1ccc(SNc2ccccc2)cc1. The van der Waals surface area contributed by atoms with E-state index in [0.29, 0.717) is 0 Å². The van der Waals surface area contributed by atoms with Crippen molar-refractivity contribution in [2.45, 2.75) is 4.90 Å². The molecule has 0 aromatic heterocycles. The highest BCUT2D eigenvalue weighted by Crippen LogP contribution is 2.22. The molecular formula is C12H10N2O2S. The molecule has 0 aliphatic rings. The average Bonchev–Trinajstić information content (AvgIpc) is 2.38. The molecule has 1 N–H and O–H groups in total. The van der Waals surface area contributed by atoms with Crippen LogP contribution in [0.5, 0.6) is 0 Å². The van der Waals surface area contributed by atoms with Crippen LogP contribution in [0.3, 0.4) is 0 Å². The Morgan fingerprint density at radius 1 is 1.00 bits per heavy atom. The standard InChI is InChI=1S/C12H10N2O2S/c15-14(16)11-6-8-12(9-7-11)17-13-10-4-2-1-3-5-10/h1-9,13H. The summed E-state index contributed by atoms with van der Waals surface area (Å²) in [7, 11) is 0. The third kappa shape index (κ3) is 3.22. The van der Waals surface area contributed by atoms with Crippen molar-refractivity contribution in [2.75, 3.05) is 4.72 Å². The zero-order chi connectivity index (χ0) is 12.1. The number of para-hydroxylation sites is 1. The van der Waals surface area contributed by atoms with Gasteiger partial charge in [-0.3, -0.25) is 10.1 Å². The van der Waals surface area contributed by atoms with Gasteiger partial charge in [-0.1, -0.05) is 18.2 Å². The van der Waals surface area contributed by atoms with E-state index in [0.717, 1.165) is 10.6 Å². The highest BCUT2D eigenvalue weighted by Gasteiger charge is 2.03. The summed E-state index contributed by atoms with van der Waals surface area (Å²) >= 11 is 1.42. The van der Waals surface area contributed by atoms with E-state index in [2.05, 4.69) is 4.72 Å². The van der Waals surface area contributed by atoms with Crippen LogP contribution in [-0.2, 0) is 0 Å². The molecule has 2 aromatic rings. The number of anilines is 1. The molecule has 0 aliphatic carbocycles. The van der Waals surface area contributed by atoms with Gasteiger partial charge in [0.25, 0.3) is 5.69 Å². The zero-order valence-corrected chi connectivity index (χ0v) is 9.68. The van der Waals surface area contributed by atoms with Gasteiger partial charge in [-0.15, -0.1) is 0 Å². The Bertz CT molecular complexity index is 500. The summed E-state index contributed by atoms with van der Waals surface area (Å²) < 4.78 is 3.16. The van der Waals surface area contributed by atoms with Crippen LogP contribution in [0.1, 0.15) is 0 Å². The Morgan fingerprint density at radius 2 is 1.65 bits per heavy atom. The molecule has 0 unspecified atom stereocenters. The van der Waals surface area contributed by atoms with Crippen LogP contribution in [0.2, 0.25) is 0 Å². The fourth-order valence-corrected chi connectivity index (χ4v) is 1.90. The second-order valence-electron chi connectivity index (χ2n) is 3.32. The molecule has 5 heteroatoms. The molecule has 0 saturated heterocycles. The summed E-state index contributed by atoms with van der Waals surface area (Å²) in [6.07, 6.45) is 0. The van der Waals surface area contributed by atoms with Crippen LogP contribution in [-0.4, -0.2) is 4.92 Å². The summed E-state index contributed by atoms with van der Waals surface area (Å²) in [6.45, 7) is 0. The van der Waals surface area contributed by atoms with Gasteiger partial charge in [0.1, 0.15) is 0 Å². The first kappa shape index (κ1) is 11.5. The second-order valence-corrected chi connectivity index (χ2v) is 4.20. The Labute approximate surface area is 103 Å². The first-order chi connectivity index (χ1) is 8.25. The summed E-state index contributed by atoms with van der Waals surface area (Å²) in [5.74, 6) is 0. The maximum Gasteiger partial charge on any atom is 0.269 e. The van der Waals surface area contributed by atoms with Crippen LogP contribution in [0, 0.1) is 10.1 Å². The molecule has 17 heavy (non-hydrogen) atoms. The van der Waals surface area contributed by atoms with Crippen molar-refractivity contribution in [3.8, 4) is 0 Å². The van der Waals surface area contributed by atoms with Crippen LogP contribution >= 0.6 is 11.9 Å². The first-order valence-corrected chi connectivity index (χ1v) is 5.80. The number of nitro benzene ring substituents is 1. The Hall–Kier alpha value is -2.01. The number of nitrogens with one attached hydrogen (secondary N) is 1. The molecular weight excluding hydrogens is 236 g/mol. The van der Waals surface area contributed by atoms with E-state index in [4.69, 9.17) is 0 Å². The first-order valence-electron chi connectivity index (χ1n) is 4.98. The molecule has 0 atom stereocenters. The van der Waals surface area contributed by atoms with Crippen molar-refractivity contribution in [1.82, 2.24) is 0 Å². The van der Waals surface area contributed by atoms with Crippen molar-refractivity contribution in [3.05, 3.63) is 64.7 Å². The number of nitro groups is 1. The van der Waals surface area contributed by atoms with Crippen molar-refractivity contribution >= 4 is 23.3 Å². The predicted octanol–water partition coefficient (Wildman–Crippen LogP) is 3.71. The molecule has 0 spiro atoms. The van der Waals surface area contributed by atoms with Crippen molar-refractivity contribution in [1.29, 1.82) is 0 Å². The normalized spacial score (nSPS) is 9.88. The zero-order valence-electron chi connectivity index (χ0n) is 8.87. The lowest BCUT2D eigenvalue weighted by Crippen LogP contribution is -1.88. The van der Waals surface area contributed by atoms with Gasteiger partial charge in [0.15, 0.2) is 0 Å². The van der Waals surface area contributed by atoms with Crippen molar-refractivity contribution < 1.29 is 4.92 Å². The van der Waals surface area contributed by atoms with E-state index in [9.17, 15) is 10.1 Å². The maximum atomic E-state index is 10.5. The van der Waals surface area contributed by atoms with Crippen LogP contribution in [0.15, 0.2) is 59.5 Å². The Balaban J connectivity index is 1.98. The van der Waals surface area contributed by atoms with Crippen LogP contribution in [0.25, 0.3) is 0 Å². The minimum Gasteiger partial charge on any atom is -0.326 e. The molecule has 2 aromatic carbocycles. The highest BCUT2D eigenvalue weighted by molar-refractivity contribution is 8.00. The largest absolute Gasteiger partial charge is 0.326 e. The molecule has 0 heterocycles. The van der Waals surface area contributed by atoms with Crippen LogP contribution < -0.4 is 4.72 Å². The summed E-state index contributed by atoms with van der Waals surface area (Å²) in [6, 6.07) is 16.2. The van der Waals surface area contributed by atoms with Gasteiger partial charge in [0.2, 0.25) is 0 Å².